The zero-order valence-corrected chi connectivity index (χ0v) is 9.77. The highest BCUT2D eigenvalue weighted by molar-refractivity contribution is 5.93. The molecule has 1 saturated heterocycles. The fourth-order valence-corrected chi connectivity index (χ4v) is 1.72. The molecular weight excluding hydrogens is 220 g/mol. The van der Waals surface area contributed by atoms with Crippen molar-refractivity contribution in [3.63, 3.8) is 0 Å². The number of hydrogen-bond acceptors (Lipinski definition) is 4. The minimum Gasteiger partial charge on any atom is -0.367 e. The molecule has 1 fully saturated rings. The van der Waals surface area contributed by atoms with Gasteiger partial charge in [-0.2, -0.15) is 0 Å². The second-order valence-electron chi connectivity index (χ2n) is 4.15. The number of pyridine rings is 1. The van der Waals surface area contributed by atoms with Gasteiger partial charge < -0.3 is 9.88 Å². The SMILES string of the molecule is CN1CCN(NC(=O)c2c[nH]ccc2=O)CC1. The molecule has 0 radical (unpaired) electrons. The summed E-state index contributed by atoms with van der Waals surface area (Å²) in [5.74, 6) is -0.351. The molecule has 0 spiro atoms. The van der Waals surface area contributed by atoms with E-state index >= 15 is 0 Å². The minimum absolute atomic E-state index is 0.145. The summed E-state index contributed by atoms with van der Waals surface area (Å²) >= 11 is 0. The number of hydrazine groups is 1. The van der Waals surface area contributed by atoms with E-state index in [4.69, 9.17) is 0 Å². The van der Waals surface area contributed by atoms with E-state index in [1.807, 2.05) is 12.1 Å². The molecule has 1 aromatic rings. The van der Waals surface area contributed by atoms with Crippen LogP contribution in [0.4, 0.5) is 0 Å². The Hall–Kier alpha value is -1.66. The van der Waals surface area contributed by atoms with Gasteiger partial charge in [0.1, 0.15) is 5.56 Å². The van der Waals surface area contributed by atoms with Gasteiger partial charge in [-0.15, -0.1) is 0 Å². The maximum Gasteiger partial charge on any atom is 0.271 e. The summed E-state index contributed by atoms with van der Waals surface area (Å²) in [7, 11) is 2.04. The van der Waals surface area contributed by atoms with Crippen LogP contribution in [0, 0.1) is 0 Å². The van der Waals surface area contributed by atoms with E-state index in [0.717, 1.165) is 26.2 Å². The van der Waals surface area contributed by atoms with Crippen LogP contribution in [0.3, 0.4) is 0 Å². The number of aromatic nitrogens is 1. The molecule has 1 amide bonds. The molecule has 0 atom stereocenters. The highest BCUT2D eigenvalue weighted by Crippen LogP contribution is 1.97. The van der Waals surface area contributed by atoms with E-state index in [1.54, 1.807) is 0 Å². The highest BCUT2D eigenvalue weighted by atomic mass is 16.2. The van der Waals surface area contributed by atoms with Crippen molar-refractivity contribution in [2.24, 2.45) is 0 Å². The zero-order chi connectivity index (χ0) is 12.3. The highest BCUT2D eigenvalue weighted by Gasteiger charge is 2.17. The third kappa shape index (κ3) is 2.92. The lowest BCUT2D eigenvalue weighted by Gasteiger charge is -2.32. The molecule has 1 aliphatic rings. The number of rotatable bonds is 2. The number of hydrogen-bond donors (Lipinski definition) is 2. The van der Waals surface area contributed by atoms with Crippen molar-refractivity contribution in [2.75, 3.05) is 33.2 Å². The summed E-state index contributed by atoms with van der Waals surface area (Å²) in [6, 6.07) is 1.35. The third-order valence-corrected chi connectivity index (χ3v) is 2.83. The van der Waals surface area contributed by atoms with Crippen molar-refractivity contribution in [3.8, 4) is 0 Å². The Morgan fingerprint density at radius 1 is 1.35 bits per heavy atom. The summed E-state index contributed by atoms with van der Waals surface area (Å²) in [5, 5.41) is 1.84. The first-order valence-electron chi connectivity index (χ1n) is 5.58. The number of carbonyl (C=O) groups excluding carboxylic acids is 1. The second kappa shape index (κ2) is 5.11. The first kappa shape index (κ1) is 11.8. The Morgan fingerprint density at radius 2 is 2.06 bits per heavy atom. The van der Waals surface area contributed by atoms with Crippen LogP contribution in [0.1, 0.15) is 10.4 Å². The fraction of sp³-hybridized carbons (Fsp3) is 0.455. The number of carbonyl (C=O) groups is 1. The van der Waals surface area contributed by atoms with Crippen molar-refractivity contribution >= 4 is 5.91 Å². The molecule has 2 rings (SSSR count). The molecule has 1 aromatic heterocycles. The molecule has 0 bridgehead atoms. The van der Waals surface area contributed by atoms with Crippen LogP contribution in [-0.2, 0) is 0 Å². The fourth-order valence-electron chi connectivity index (χ4n) is 1.72. The summed E-state index contributed by atoms with van der Waals surface area (Å²) < 4.78 is 0. The zero-order valence-electron chi connectivity index (χ0n) is 9.77. The maximum atomic E-state index is 11.8. The predicted octanol–water partition coefficient (Wildman–Crippen LogP) is -0.733. The number of likely N-dealkylation sites (N-methyl/N-ethyl adjacent to an activating group) is 1. The summed E-state index contributed by atoms with van der Waals surface area (Å²) in [5.41, 5.74) is 2.62. The van der Waals surface area contributed by atoms with E-state index in [9.17, 15) is 9.59 Å². The summed E-state index contributed by atoms with van der Waals surface area (Å²) in [6.45, 7) is 3.36. The lowest BCUT2D eigenvalue weighted by molar-refractivity contribution is 0.0661. The van der Waals surface area contributed by atoms with Gasteiger partial charge in [0.05, 0.1) is 0 Å². The average Bonchev–Trinajstić information content (AvgIpc) is 2.32. The molecule has 2 N–H and O–H groups in total. The summed E-state index contributed by atoms with van der Waals surface area (Å²) in [6.07, 6.45) is 2.93. The number of nitrogens with one attached hydrogen (secondary N) is 2. The molecule has 0 aromatic carbocycles. The van der Waals surface area contributed by atoms with Crippen molar-refractivity contribution in [1.29, 1.82) is 0 Å². The van der Waals surface area contributed by atoms with E-state index in [0.29, 0.717) is 0 Å². The topological polar surface area (TPSA) is 68.4 Å². The number of H-pyrrole nitrogens is 1. The van der Waals surface area contributed by atoms with Gasteiger partial charge in [0.25, 0.3) is 5.91 Å². The molecule has 1 aliphatic heterocycles. The van der Waals surface area contributed by atoms with Gasteiger partial charge in [-0.05, 0) is 7.05 Å². The van der Waals surface area contributed by atoms with Crippen LogP contribution in [0.2, 0.25) is 0 Å². The van der Waals surface area contributed by atoms with Crippen LogP contribution in [0.15, 0.2) is 23.3 Å². The molecular formula is C11H16N4O2. The Kier molecular flexibility index (Phi) is 3.55. The van der Waals surface area contributed by atoms with Gasteiger partial charge in [0, 0.05) is 44.6 Å². The van der Waals surface area contributed by atoms with Gasteiger partial charge in [0.15, 0.2) is 5.43 Å². The van der Waals surface area contributed by atoms with Crippen molar-refractivity contribution < 1.29 is 4.79 Å². The van der Waals surface area contributed by atoms with Crippen LogP contribution in [-0.4, -0.2) is 54.0 Å². The lowest BCUT2D eigenvalue weighted by Crippen LogP contribution is -2.53. The third-order valence-electron chi connectivity index (χ3n) is 2.83. The van der Waals surface area contributed by atoms with Crippen molar-refractivity contribution in [2.45, 2.75) is 0 Å². The molecule has 0 aliphatic carbocycles. The van der Waals surface area contributed by atoms with Gasteiger partial charge in [0.2, 0.25) is 0 Å². The van der Waals surface area contributed by atoms with E-state index in [1.165, 1.54) is 18.5 Å². The molecule has 17 heavy (non-hydrogen) atoms. The standard InChI is InChI=1S/C11H16N4O2/c1-14-4-6-15(7-5-14)13-11(17)9-8-12-3-2-10(9)16/h2-3,8H,4-7H2,1H3,(H,12,16)(H,13,17). The smallest absolute Gasteiger partial charge is 0.271 e. The Bertz CT molecular complexity index is 449. The predicted molar refractivity (Wildman–Crippen MR) is 63.6 cm³/mol. The number of nitrogens with zero attached hydrogens (tertiary/aromatic N) is 2. The molecule has 6 nitrogen and oxygen atoms in total. The van der Waals surface area contributed by atoms with Gasteiger partial charge in [-0.3, -0.25) is 15.0 Å². The second-order valence-corrected chi connectivity index (χ2v) is 4.15. The van der Waals surface area contributed by atoms with Gasteiger partial charge in [-0.1, -0.05) is 0 Å². The molecule has 0 saturated carbocycles. The van der Waals surface area contributed by atoms with Gasteiger partial charge in [-0.25, -0.2) is 5.01 Å². The molecule has 92 valence electrons. The Balaban J connectivity index is 1.98. The van der Waals surface area contributed by atoms with Crippen molar-refractivity contribution in [3.05, 3.63) is 34.2 Å². The normalized spacial score (nSPS) is 17.9. The molecule has 6 heteroatoms. The van der Waals surface area contributed by atoms with Crippen LogP contribution < -0.4 is 10.9 Å². The number of amides is 1. The average molecular weight is 236 g/mol. The van der Waals surface area contributed by atoms with Crippen LogP contribution in [0.5, 0.6) is 0 Å². The molecule has 0 unspecified atom stereocenters. The summed E-state index contributed by atoms with van der Waals surface area (Å²) in [4.78, 5) is 28.2. The quantitative estimate of drug-likeness (QED) is 0.710. The first-order valence-corrected chi connectivity index (χ1v) is 5.58. The van der Waals surface area contributed by atoms with Gasteiger partial charge >= 0.3 is 0 Å². The minimum atomic E-state index is -0.351. The Labute approximate surface area is 99.2 Å². The van der Waals surface area contributed by atoms with E-state index in [2.05, 4.69) is 15.3 Å². The monoisotopic (exact) mass is 236 g/mol. The first-order chi connectivity index (χ1) is 8.16. The van der Waals surface area contributed by atoms with Crippen LogP contribution in [0.25, 0.3) is 0 Å². The molecule has 2 heterocycles. The number of piperazine rings is 1. The number of aromatic amines is 1. The largest absolute Gasteiger partial charge is 0.367 e. The maximum absolute atomic E-state index is 11.8. The van der Waals surface area contributed by atoms with Crippen LogP contribution >= 0.6 is 0 Å². The lowest BCUT2D eigenvalue weighted by atomic mass is 10.2. The van der Waals surface area contributed by atoms with E-state index in [-0.39, 0.29) is 16.9 Å². The Morgan fingerprint density at radius 3 is 2.71 bits per heavy atom. The van der Waals surface area contributed by atoms with E-state index < -0.39 is 0 Å². The van der Waals surface area contributed by atoms with Crippen molar-refractivity contribution in [1.82, 2.24) is 20.3 Å².